The summed E-state index contributed by atoms with van der Waals surface area (Å²) in [7, 11) is 1.66. The summed E-state index contributed by atoms with van der Waals surface area (Å²) in [5.74, 6) is 3.28. The van der Waals surface area contributed by atoms with E-state index in [4.69, 9.17) is 25.9 Å². The molecule has 0 aliphatic carbocycles. The van der Waals surface area contributed by atoms with Crippen LogP contribution in [-0.4, -0.2) is 30.2 Å². The normalized spacial score (nSPS) is 13.4. The molecular weight excluding hydrogens is 402 g/mol. The lowest BCUT2D eigenvalue weighted by Crippen LogP contribution is -2.26. The molecule has 32 heavy (non-hydrogen) atoms. The van der Waals surface area contributed by atoms with Crippen molar-refractivity contribution in [2.24, 2.45) is 0 Å². The minimum absolute atomic E-state index is 0.571. The van der Waals surface area contributed by atoms with Crippen LogP contribution in [0.1, 0.15) is 11.4 Å². The largest absolute Gasteiger partial charge is 0.497 e. The van der Waals surface area contributed by atoms with Gasteiger partial charge in [-0.2, -0.15) is 0 Å². The number of anilines is 3. The van der Waals surface area contributed by atoms with E-state index >= 15 is 0 Å². The van der Waals surface area contributed by atoms with Gasteiger partial charge < -0.3 is 25.8 Å². The van der Waals surface area contributed by atoms with Crippen molar-refractivity contribution in [2.75, 3.05) is 36.6 Å². The number of ether oxygens (including phenoxy) is 2. The highest BCUT2D eigenvalue weighted by Gasteiger charge is 2.20. The summed E-state index contributed by atoms with van der Waals surface area (Å²) >= 11 is 0. The first-order valence-corrected chi connectivity index (χ1v) is 10.5. The van der Waals surface area contributed by atoms with Crippen LogP contribution in [0.15, 0.2) is 54.6 Å². The van der Waals surface area contributed by atoms with Gasteiger partial charge in [0.1, 0.15) is 29.7 Å². The predicted molar refractivity (Wildman–Crippen MR) is 128 cm³/mol. The molecule has 5 rings (SSSR count). The van der Waals surface area contributed by atoms with Crippen molar-refractivity contribution in [1.29, 1.82) is 0 Å². The Morgan fingerprint density at radius 2 is 1.75 bits per heavy atom. The smallest absolute Gasteiger partial charge is 0.140 e. The SMILES string of the molecule is COc1ccc2c(N3CCOc4ccc(-c5ccc(N)c(N)c5)cc4C3)nc(C)nc2c1. The quantitative estimate of drug-likeness (QED) is 0.473. The fraction of sp³-hybridized carbons (Fsp3) is 0.200. The number of rotatable bonds is 3. The molecule has 1 aromatic heterocycles. The van der Waals surface area contributed by atoms with Gasteiger partial charge in [-0.1, -0.05) is 12.1 Å². The van der Waals surface area contributed by atoms with E-state index in [9.17, 15) is 0 Å². The van der Waals surface area contributed by atoms with Gasteiger partial charge in [-0.05, 0) is 54.4 Å². The van der Waals surface area contributed by atoms with Crippen molar-refractivity contribution >= 4 is 28.1 Å². The molecule has 0 spiro atoms. The summed E-state index contributed by atoms with van der Waals surface area (Å²) in [6.07, 6.45) is 0. The molecule has 0 radical (unpaired) electrons. The van der Waals surface area contributed by atoms with E-state index < -0.39 is 0 Å². The first-order chi connectivity index (χ1) is 15.5. The highest BCUT2D eigenvalue weighted by molar-refractivity contribution is 5.90. The average Bonchev–Trinajstić information content (AvgIpc) is 3.01. The molecule has 0 atom stereocenters. The zero-order valence-electron chi connectivity index (χ0n) is 18.1. The maximum atomic E-state index is 6.06. The Bertz CT molecular complexity index is 1320. The van der Waals surface area contributed by atoms with Gasteiger partial charge >= 0.3 is 0 Å². The van der Waals surface area contributed by atoms with Crippen LogP contribution >= 0.6 is 0 Å². The maximum absolute atomic E-state index is 6.06. The zero-order chi connectivity index (χ0) is 22.2. The molecule has 4 N–H and O–H groups in total. The third-order valence-electron chi connectivity index (χ3n) is 5.76. The molecule has 0 unspecified atom stereocenters. The van der Waals surface area contributed by atoms with Crippen LogP contribution in [0.5, 0.6) is 11.5 Å². The van der Waals surface area contributed by atoms with E-state index in [1.807, 2.05) is 49.4 Å². The molecule has 0 saturated carbocycles. The van der Waals surface area contributed by atoms with Crippen molar-refractivity contribution in [3.05, 3.63) is 66.0 Å². The topological polar surface area (TPSA) is 99.5 Å². The number of aromatic nitrogens is 2. The first-order valence-electron chi connectivity index (χ1n) is 10.5. The van der Waals surface area contributed by atoms with Crippen LogP contribution in [0, 0.1) is 6.92 Å². The number of nitrogens with two attached hydrogens (primary N) is 2. The number of aryl methyl sites for hydroxylation is 1. The van der Waals surface area contributed by atoms with Gasteiger partial charge in [-0.25, -0.2) is 9.97 Å². The minimum Gasteiger partial charge on any atom is -0.497 e. The Morgan fingerprint density at radius 3 is 2.56 bits per heavy atom. The Balaban J connectivity index is 1.55. The van der Waals surface area contributed by atoms with Gasteiger partial charge in [0.05, 0.1) is 30.5 Å². The van der Waals surface area contributed by atoms with Crippen LogP contribution in [-0.2, 0) is 6.54 Å². The number of nitrogens with zero attached hydrogens (tertiary/aromatic N) is 3. The van der Waals surface area contributed by atoms with E-state index in [1.54, 1.807) is 7.11 Å². The number of hydrogen-bond donors (Lipinski definition) is 2. The first kappa shape index (κ1) is 19.9. The summed E-state index contributed by atoms with van der Waals surface area (Å²) < 4.78 is 11.4. The molecule has 0 fully saturated rings. The highest BCUT2D eigenvalue weighted by Crippen LogP contribution is 2.34. The zero-order valence-corrected chi connectivity index (χ0v) is 18.1. The maximum Gasteiger partial charge on any atom is 0.140 e. The molecule has 4 aromatic rings. The molecule has 7 heteroatoms. The molecule has 0 amide bonds. The van der Waals surface area contributed by atoms with Crippen molar-refractivity contribution in [3.63, 3.8) is 0 Å². The lowest BCUT2D eigenvalue weighted by molar-refractivity contribution is 0.331. The third kappa shape index (κ3) is 3.62. The lowest BCUT2D eigenvalue weighted by atomic mass is 10.0. The number of benzene rings is 3. The Hall–Kier alpha value is -4.00. The summed E-state index contributed by atoms with van der Waals surface area (Å²) in [6.45, 7) is 3.87. The monoisotopic (exact) mass is 427 g/mol. The van der Waals surface area contributed by atoms with E-state index in [1.165, 1.54) is 0 Å². The number of fused-ring (bicyclic) bond motifs is 2. The summed E-state index contributed by atoms with van der Waals surface area (Å²) in [5.41, 5.74) is 17.1. The van der Waals surface area contributed by atoms with E-state index in [2.05, 4.69) is 22.0 Å². The summed E-state index contributed by atoms with van der Waals surface area (Å²) in [6, 6.07) is 17.9. The van der Waals surface area contributed by atoms with Crippen molar-refractivity contribution in [3.8, 4) is 22.6 Å². The standard InChI is InChI=1S/C25H25N5O2/c1-15-28-23-13-19(31-2)5-6-20(23)25(29-15)30-9-10-32-24-8-4-16(11-18(24)14-30)17-3-7-21(26)22(27)12-17/h3-8,11-13H,9-10,14,26-27H2,1-2H3. The molecule has 0 bridgehead atoms. The minimum atomic E-state index is 0.571. The fourth-order valence-corrected chi connectivity index (χ4v) is 4.08. The molecule has 3 aromatic carbocycles. The molecule has 7 nitrogen and oxygen atoms in total. The number of hydrogen-bond acceptors (Lipinski definition) is 7. The van der Waals surface area contributed by atoms with Gasteiger partial charge in [-0.3, -0.25) is 0 Å². The van der Waals surface area contributed by atoms with Gasteiger partial charge in [0.15, 0.2) is 0 Å². The summed E-state index contributed by atoms with van der Waals surface area (Å²) in [5, 5.41) is 0.988. The predicted octanol–water partition coefficient (Wildman–Crippen LogP) is 4.18. The lowest BCUT2D eigenvalue weighted by Gasteiger charge is -2.23. The Morgan fingerprint density at radius 1 is 0.938 bits per heavy atom. The Kier molecular flexibility index (Phi) is 4.93. The number of methoxy groups -OCH3 is 1. The van der Waals surface area contributed by atoms with Gasteiger partial charge in [-0.15, -0.1) is 0 Å². The van der Waals surface area contributed by atoms with Crippen molar-refractivity contribution in [1.82, 2.24) is 9.97 Å². The van der Waals surface area contributed by atoms with Crippen LogP contribution in [0.4, 0.5) is 17.2 Å². The Labute approximate surface area is 186 Å². The molecule has 162 valence electrons. The third-order valence-corrected chi connectivity index (χ3v) is 5.76. The highest BCUT2D eigenvalue weighted by atomic mass is 16.5. The van der Waals surface area contributed by atoms with E-state index in [0.717, 1.165) is 57.3 Å². The second-order valence-corrected chi connectivity index (χ2v) is 7.91. The van der Waals surface area contributed by atoms with Gasteiger partial charge in [0, 0.05) is 23.6 Å². The van der Waals surface area contributed by atoms with Gasteiger partial charge in [0.25, 0.3) is 0 Å². The van der Waals surface area contributed by atoms with Crippen LogP contribution in [0.2, 0.25) is 0 Å². The average molecular weight is 428 g/mol. The molecule has 0 saturated heterocycles. The van der Waals surface area contributed by atoms with Crippen molar-refractivity contribution in [2.45, 2.75) is 13.5 Å². The van der Waals surface area contributed by atoms with Crippen LogP contribution in [0.3, 0.4) is 0 Å². The van der Waals surface area contributed by atoms with E-state index in [0.29, 0.717) is 24.5 Å². The second-order valence-electron chi connectivity index (χ2n) is 7.91. The van der Waals surface area contributed by atoms with Crippen molar-refractivity contribution < 1.29 is 9.47 Å². The number of nitrogen functional groups attached to an aromatic ring is 2. The summed E-state index contributed by atoms with van der Waals surface area (Å²) in [4.78, 5) is 11.6. The van der Waals surface area contributed by atoms with Gasteiger partial charge in [0.2, 0.25) is 0 Å². The van der Waals surface area contributed by atoms with Crippen LogP contribution in [0.25, 0.3) is 22.0 Å². The van der Waals surface area contributed by atoms with E-state index in [-0.39, 0.29) is 0 Å². The molecule has 1 aliphatic heterocycles. The molecule has 2 heterocycles. The molecule has 1 aliphatic rings. The van der Waals surface area contributed by atoms with Crippen LogP contribution < -0.4 is 25.8 Å². The second kappa shape index (κ2) is 7.92. The fourth-order valence-electron chi connectivity index (χ4n) is 4.08. The molecular formula is C25H25N5O2.